The molecule has 0 fully saturated rings. The van der Waals surface area contributed by atoms with Crippen molar-refractivity contribution < 1.29 is 4.79 Å². The number of nitrogens with one attached hydrogen (secondary N) is 2. The molecule has 4 nitrogen and oxygen atoms in total. The summed E-state index contributed by atoms with van der Waals surface area (Å²) in [5.41, 5.74) is 11.5. The third kappa shape index (κ3) is 2.76. The first-order chi connectivity index (χ1) is 10.1. The molecule has 0 aliphatic carbocycles. The Labute approximate surface area is 124 Å². The summed E-state index contributed by atoms with van der Waals surface area (Å²) >= 11 is 0. The molecule has 0 atom stereocenters. The van der Waals surface area contributed by atoms with Gasteiger partial charge in [0.05, 0.1) is 11.3 Å². The molecule has 0 aromatic heterocycles. The summed E-state index contributed by atoms with van der Waals surface area (Å²) in [5.74, 6) is -0.413. The van der Waals surface area contributed by atoms with Gasteiger partial charge in [-0.2, -0.15) is 0 Å². The fraction of sp³-hybridized carbons (Fsp3) is 0.235. The standard InChI is InChI=1S/C17H19N3O/c1-11-5-6-14(17(18)21)16(9-11)20-15-4-2-3-12-10-19-8-7-13(12)15/h2-6,9,19-20H,7-8,10H2,1H3,(H2,18,21). The largest absolute Gasteiger partial charge is 0.366 e. The van der Waals surface area contributed by atoms with Gasteiger partial charge >= 0.3 is 0 Å². The molecule has 21 heavy (non-hydrogen) atoms. The van der Waals surface area contributed by atoms with Crippen molar-refractivity contribution in [1.29, 1.82) is 0 Å². The van der Waals surface area contributed by atoms with Crippen LogP contribution in [0.5, 0.6) is 0 Å². The van der Waals surface area contributed by atoms with Gasteiger partial charge in [-0.15, -0.1) is 0 Å². The number of fused-ring (bicyclic) bond motifs is 1. The molecule has 0 bridgehead atoms. The van der Waals surface area contributed by atoms with E-state index in [1.165, 1.54) is 11.1 Å². The molecule has 2 aromatic carbocycles. The first-order valence-electron chi connectivity index (χ1n) is 7.14. The summed E-state index contributed by atoms with van der Waals surface area (Å²) in [4.78, 5) is 11.6. The molecule has 4 heteroatoms. The van der Waals surface area contributed by atoms with Crippen molar-refractivity contribution in [3.8, 4) is 0 Å². The SMILES string of the molecule is Cc1ccc(C(N)=O)c(Nc2cccc3c2CCNC3)c1. The Balaban J connectivity index is 2.01. The fourth-order valence-electron chi connectivity index (χ4n) is 2.77. The lowest BCUT2D eigenvalue weighted by atomic mass is 9.98. The van der Waals surface area contributed by atoms with Crippen LogP contribution in [0.15, 0.2) is 36.4 Å². The predicted octanol–water partition coefficient (Wildman–Crippen LogP) is 2.48. The Hall–Kier alpha value is -2.33. The van der Waals surface area contributed by atoms with Crippen molar-refractivity contribution in [3.63, 3.8) is 0 Å². The summed E-state index contributed by atoms with van der Waals surface area (Å²) in [6.07, 6.45) is 0.982. The van der Waals surface area contributed by atoms with Gasteiger partial charge in [0, 0.05) is 12.2 Å². The van der Waals surface area contributed by atoms with Crippen LogP contribution in [0.4, 0.5) is 11.4 Å². The molecular weight excluding hydrogens is 262 g/mol. The van der Waals surface area contributed by atoms with E-state index in [4.69, 9.17) is 5.73 Å². The highest BCUT2D eigenvalue weighted by molar-refractivity contribution is 5.99. The zero-order chi connectivity index (χ0) is 14.8. The van der Waals surface area contributed by atoms with Gasteiger partial charge in [-0.1, -0.05) is 18.2 Å². The number of benzene rings is 2. The minimum Gasteiger partial charge on any atom is -0.366 e. The van der Waals surface area contributed by atoms with Crippen LogP contribution in [0.25, 0.3) is 0 Å². The highest BCUT2D eigenvalue weighted by Crippen LogP contribution is 2.28. The topological polar surface area (TPSA) is 67.2 Å². The molecule has 0 spiro atoms. The van der Waals surface area contributed by atoms with E-state index in [-0.39, 0.29) is 0 Å². The van der Waals surface area contributed by atoms with Crippen LogP contribution >= 0.6 is 0 Å². The molecule has 2 aromatic rings. The average molecular weight is 281 g/mol. The fourth-order valence-corrected chi connectivity index (χ4v) is 2.77. The van der Waals surface area contributed by atoms with Crippen molar-refractivity contribution >= 4 is 17.3 Å². The summed E-state index contributed by atoms with van der Waals surface area (Å²) in [7, 11) is 0. The monoisotopic (exact) mass is 281 g/mol. The minimum absolute atomic E-state index is 0.413. The summed E-state index contributed by atoms with van der Waals surface area (Å²) in [5, 5.41) is 6.76. The number of carbonyl (C=O) groups is 1. The molecule has 0 radical (unpaired) electrons. The van der Waals surface area contributed by atoms with E-state index in [0.29, 0.717) is 5.56 Å². The third-order valence-electron chi connectivity index (χ3n) is 3.85. The first-order valence-corrected chi connectivity index (χ1v) is 7.14. The highest BCUT2D eigenvalue weighted by Gasteiger charge is 2.14. The van der Waals surface area contributed by atoms with Crippen molar-refractivity contribution in [2.24, 2.45) is 5.73 Å². The normalized spacial score (nSPS) is 13.6. The quantitative estimate of drug-likeness (QED) is 0.809. The second-order valence-corrected chi connectivity index (χ2v) is 5.41. The van der Waals surface area contributed by atoms with Gasteiger partial charge in [-0.05, 0) is 54.8 Å². The van der Waals surface area contributed by atoms with Crippen molar-refractivity contribution in [3.05, 3.63) is 58.7 Å². The Bertz CT molecular complexity index is 694. The van der Waals surface area contributed by atoms with E-state index in [1.807, 2.05) is 25.1 Å². The number of aryl methyl sites for hydroxylation is 1. The van der Waals surface area contributed by atoms with Crippen molar-refractivity contribution in [1.82, 2.24) is 5.32 Å². The zero-order valence-corrected chi connectivity index (χ0v) is 12.1. The molecule has 1 aliphatic rings. The van der Waals surface area contributed by atoms with Gasteiger partial charge in [-0.25, -0.2) is 0 Å². The number of rotatable bonds is 3. The number of primary amides is 1. The van der Waals surface area contributed by atoms with Crippen LogP contribution in [0, 0.1) is 6.92 Å². The maximum Gasteiger partial charge on any atom is 0.250 e. The molecule has 108 valence electrons. The van der Waals surface area contributed by atoms with Gasteiger partial charge in [0.2, 0.25) is 0 Å². The molecule has 1 heterocycles. The lowest BCUT2D eigenvalue weighted by Crippen LogP contribution is -2.24. The van der Waals surface area contributed by atoms with E-state index < -0.39 is 5.91 Å². The maximum atomic E-state index is 11.6. The number of anilines is 2. The minimum atomic E-state index is -0.413. The van der Waals surface area contributed by atoms with E-state index in [1.54, 1.807) is 6.07 Å². The molecule has 1 amide bonds. The smallest absolute Gasteiger partial charge is 0.250 e. The number of hydrogen-bond donors (Lipinski definition) is 3. The van der Waals surface area contributed by atoms with Crippen LogP contribution in [-0.2, 0) is 13.0 Å². The molecular formula is C17H19N3O. The van der Waals surface area contributed by atoms with Crippen LogP contribution in [0.1, 0.15) is 27.0 Å². The Morgan fingerprint density at radius 1 is 1.24 bits per heavy atom. The molecule has 0 unspecified atom stereocenters. The van der Waals surface area contributed by atoms with Gasteiger partial charge < -0.3 is 16.4 Å². The lowest BCUT2D eigenvalue weighted by molar-refractivity contribution is 0.100. The van der Waals surface area contributed by atoms with E-state index in [9.17, 15) is 4.79 Å². The van der Waals surface area contributed by atoms with Crippen LogP contribution in [-0.4, -0.2) is 12.5 Å². The molecule has 1 aliphatic heterocycles. The number of hydrogen-bond acceptors (Lipinski definition) is 3. The van der Waals surface area contributed by atoms with Gasteiger partial charge in [0.25, 0.3) is 5.91 Å². The van der Waals surface area contributed by atoms with Gasteiger partial charge in [0.1, 0.15) is 0 Å². The molecule has 0 saturated heterocycles. The van der Waals surface area contributed by atoms with E-state index in [0.717, 1.165) is 36.4 Å². The van der Waals surface area contributed by atoms with Crippen LogP contribution < -0.4 is 16.4 Å². The summed E-state index contributed by atoms with van der Waals surface area (Å²) in [6, 6.07) is 11.9. The first kappa shape index (κ1) is 13.6. The zero-order valence-electron chi connectivity index (χ0n) is 12.1. The Morgan fingerprint density at radius 3 is 2.90 bits per heavy atom. The second kappa shape index (κ2) is 5.58. The summed E-state index contributed by atoms with van der Waals surface area (Å²) < 4.78 is 0. The van der Waals surface area contributed by atoms with E-state index >= 15 is 0 Å². The van der Waals surface area contributed by atoms with Crippen molar-refractivity contribution in [2.45, 2.75) is 19.9 Å². The average Bonchev–Trinajstić information content (AvgIpc) is 2.47. The van der Waals surface area contributed by atoms with Gasteiger partial charge in [0.15, 0.2) is 0 Å². The predicted molar refractivity (Wildman–Crippen MR) is 84.8 cm³/mol. The Kier molecular flexibility index (Phi) is 3.62. The van der Waals surface area contributed by atoms with Crippen LogP contribution in [0.2, 0.25) is 0 Å². The third-order valence-corrected chi connectivity index (χ3v) is 3.85. The number of carbonyl (C=O) groups excluding carboxylic acids is 1. The molecule has 3 rings (SSSR count). The summed E-state index contributed by atoms with van der Waals surface area (Å²) in [6.45, 7) is 3.86. The van der Waals surface area contributed by atoms with Crippen molar-refractivity contribution in [2.75, 3.05) is 11.9 Å². The molecule has 4 N–H and O–H groups in total. The van der Waals surface area contributed by atoms with Crippen LogP contribution in [0.3, 0.4) is 0 Å². The Morgan fingerprint density at radius 2 is 2.10 bits per heavy atom. The van der Waals surface area contributed by atoms with Gasteiger partial charge in [-0.3, -0.25) is 4.79 Å². The highest BCUT2D eigenvalue weighted by atomic mass is 16.1. The maximum absolute atomic E-state index is 11.6. The van der Waals surface area contributed by atoms with E-state index in [2.05, 4.69) is 22.8 Å². The molecule has 0 saturated carbocycles. The second-order valence-electron chi connectivity index (χ2n) is 5.41. The lowest BCUT2D eigenvalue weighted by Gasteiger charge is -2.21. The number of nitrogens with two attached hydrogens (primary N) is 1. The number of amides is 1.